The lowest BCUT2D eigenvalue weighted by atomic mass is 10.3. The Labute approximate surface area is 245 Å². The van der Waals surface area contributed by atoms with Crippen LogP contribution >= 0.6 is 56.7 Å². The SMILES string of the molecule is Cc1ccc(-c2cc(OCCC(=O)O)c(-c3ccc(-c4sc(-c5ccc(C)s5)cc4OCCC(=O)O)s3)s2)s1. The number of hydrogen-bond donors (Lipinski definition) is 2. The molecule has 11 heteroatoms. The topological polar surface area (TPSA) is 93.1 Å². The van der Waals surface area contributed by atoms with Crippen LogP contribution in [0.4, 0.5) is 0 Å². The predicted molar refractivity (Wildman–Crippen MR) is 163 cm³/mol. The lowest BCUT2D eigenvalue weighted by Gasteiger charge is -2.05. The van der Waals surface area contributed by atoms with Crippen molar-refractivity contribution in [2.24, 2.45) is 0 Å². The van der Waals surface area contributed by atoms with Crippen molar-refractivity contribution < 1.29 is 29.3 Å². The van der Waals surface area contributed by atoms with Gasteiger partial charge in [-0.15, -0.1) is 56.7 Å². The van der Waals surface area contributed by atoms with E-state index in [1.807, 2.05) is 12.1 Å². The summed E-state index contributed by atoms with van der Waals surface area (Å²) >= 11 is 8.29. The van der Waals surface area contributed by atoms with E-state index in [1.54, 1.807) is 56.7 Å². The van der Waals surface area contributed by atoms with E-state index >= 15 is 0 Å². The monoisotopic (exact) mass is 616 g/mol. The van der Waals surface area contributed by atoms with Crippen LogP contribution in [0.3, 0.4) is 0 Å². The van der Waals surface area contributed by atoms with Crippen molar-refractivity contribution in [2.45, 2.75) is 26.7 Å². The van der Waals surface area contributed by atoms with E-state index < -0.39 is 11.9 Å². The van der Waals surface area contributed by atoms with Crippen LogP contribution in [0.2, 0.25) is 0 Å². The second-order valence-electron chi connectivity index (χ2n) is 8.58. The summed E-state index contributed by atoms with van der Waals surface area (Å²) < 4.78 is 11.9. The second kappa shape index (κ2) is 12.1. The minimum atomic E-state index is -0.899. The Balaban J connectivity index is 1.49. The molecule has 0 amide bonds. The molecule has 5 aromatic heterocycles. The molecule has 6 nitrogen and oxygen atoms in total. The van der Waals surface area contributed by atoms with Crippen molar-refractivity contribution in [1.29, 1.82) is 0 Å². The standard InChI is InChI=1S/C28H24O6S5/c1-15-3-5-19(35-15)23-13-17(33-11-9-25(29)30)27(38-23)21-7-8-22(37-21)28-18(34-12-10-26(31)32)14-24(39-28)20-6-4-16(2)36-20/h3-8,13-14H,9-12H2,1-2H3,(H,29,30)(H,31,32). The number of rotatable bonds is 12. The summed E-state index contributed by atoms with van der Waals surface area (Å²) in [6, 6.07) is 16.5. The van der Waals surface area contributed by atoms with Gasteiger partial charge >= 0.3 is 11.9 Å². The van der Waals surface area contributed by atoms with E-state index in [-0.39, 0.29) is 26.1 Å². The van der Waals surface area contributed by atoms with Gasteiger partial charge in [0.15, 0.2) is 0 Å². The summed E-state index contributed by atoms with van der Waals surface area (Å²) in [7, 11) is 0. The van der Waals surface area contributed by atoms with Gasteiger partial charge in [0, 0.05) is 51.1 Å². The minimum absolute atomic E-state index is 0.0738. The number of carboxylic acids is 2. The summed E-state index contributed by atoms with van der Waals surface area (Å²) in [5, 5.41) is 18.2. The van der Waals surface area contributed by atoms with Gasteiger partial charge in [0.1, 0.15) is 11.5 Å². The second-order valence-corrected chi connectivity index (χ2v) is 14.3. The Morgan fingerprint density at radius 2 is 1.00 bits per heavy atom. The zero-order valence-corrected chi connectivity index (χ0v) is 25.1. The molecule has 39 heavy (non-hydrogen) atoms. The lowest BCUT2D eigenvalue weighted by Crippen LogP contribution is -2.04. The zero-order chi connectivity index (χ0) is 27.5. The van der Waals surface area contributed by atoms with Gasteiger partial charge in [0.25, 0.3) is 0 Å². The highest BCUT2D eigenvalue weighted by Crippen LogP contribution is 2.51. The molecule has 0 spiro atoms. The van der Waals surface area contributed by atoms with Crippen molar-refractivity contribution in [2.75, 3.05) is 13.2 Å². The average molecular weight is 617 g/mol. The van der Waals surface area contributed by atoms with Gasteiger partial charge in [0.2, 0.25) is 0 Å². The molecule has 0 aliphatic carbocycles. The quantitative estimate of drug-likeness (QED) is 0.145. The number of carbonyl (C=O) groups is 2. The largest absolute Gasteiger partial charge is 0.491 e. The third-order valence-corrected chi connectivity index (χ3v) is 11.6. The van der Waals surface area contributed by atoms with Gasteiger partial charge in [0.05, 0.1) is 35.8 Å². The van der Waals surface area contributed by atoms with Crippen molar-refractivity contribution in [3.63, 3.8) is 0 Å². The number of thiophene rings is 5. The Morgan fingerprint density at radius 3 is 1.36 bits per heavy atom. The first-order valence-electron chi connectivity index (χ1n) is 12.0. The van der Waals surface area contributed by atoms with Gasteiger partial charge in [-0.1, -0.05) is 0 Å². The molecule has 202 valence electrons. The van der Waals surface area contributed by atoms with Crippen LogP contribution in [-0.2, 0) is 9.59 Å². The third kappa shape index (κ3) is 6.62. The maximum atomic E-state index is 11.1. The summed E-state index contributed by atoms with van der Waals surface area (Å²) in [5.41, 5.74) is 0. The smallest absolute Gasteiger partial charge is 0.306 e. The maximum Gasteiger partial charge on any atom is 0.306 e. The fourth-order valence-corrected chi connectivity index (χ4v) is 9.10. The van der Waals surface area contributed by atoms with E-state index in [0.717, 1.165) is 39.0 Å². The van der Waals surface area contributed by atoms with Gasteiger partial charge in [-0.25, -0.2) is 0 Å². The summed E-state index contributed by atoms with van der Waals surface area (Å²) in [6.45, 7) is 4.33. The molecule has 0 aromatic carbocycles. The van der Waals surface area contributed by atoms with Crippen LogP contribution in [0.1, 0.15) is 22.6 Å². The lowest BCUT2D eigenvalue weighted by molar-refractivity contribution is -0.138. The van der Waals surface area contributed by atoms with Crippen molar-refractivity contribution >= 4 is 68.6 Å². The first-order chi connectivity index (χ1) is 18.8. The number of carboxylic acid groups (broad SMARTS) is 2. The number of hydrogen-bond acceptors (Lipinski definition) is 9. The van der Waals surface area contributed by atoms with Crippen molar-refractivity contribution in [3.05, 3.63) is 58.3 Å². The number of aryl methyl sites for hydroxylation is 2. The zero-order valence-electron chi connectivity index (χ0n) is 21.0. The molecule has 0 atom stereocenters. The molecule has 5 heterocycles. The third-order valence-electron chi connectivity index (χ3n) is 5.56. The van der Waals surface area contributed by atoms with Crippen LogP contribution in [0.5, 0.6) is 11.5 Å². The molecule has 0 aliphatic rings. The predicted octanol–water partition coefficient (Wildman–Crippen LogP) is 8.99. The minimum Gasteiger partial charge on any atom is -0.491 e. The van der Waals surface area contributed by atoms with Crippen LogP contribution in [0.25, 0.3) is 39.0 Å². The average Bonchev–Trinajstić information content (AvgIpc) is 3.69. The van der Waals surface area contributed by atoms with Crippen molar-refractivity contribution in [3.8, 4) is 50.5 Å². The maximum absolute atomic E-state index is 11.1. The first kappa shape index (κ1) is 27.6. The van der Waals surface area contributed by atoms with E-state index in [1.165, 1.54) is 9.75 Å². The Bertz CT molecular complexity index is 1500. The fourth-order valence-electron chi connectivity index (χ4n) is 3.76. The Kier molecular flexibility index (Phi) is 8.53. The molecule has 0 saturated carbocycles. The van der Waals surface area contributed by atoms with Crippen LogP contribution in [0.15, 0.2) is 48.5 Å². The van der Waals surface area contributed by atoms with Gasteiger partial charge in [-0.05, 0) is 50.2 Å². The molecule has 0 radical (unpaired) electrons. The van der Waals surface area contributed by atoms with Gasteiger partial charge < -0.3 is 19.7 Å². The van der Waals surface area contributed by atoms with E-state index in [0.29, 0.717) is 11.5 Å². The molecule has 0 unspecified atom stereocenters. The first-order valence-corrected chi connectivity index (χ1v) is 16.1. The van der Waals surface area contributed by atoms with E-state index in [2.05, 4.69) is 50.2 Å². The molecule has 0 aliphatic heterocycles. The molecule has 0 fully saturated rings. The number of aliphatic carboxylic acids is 2. The van der Waals surface area contributed by atoms with Crippen LogP contribution in [0, 0.1) is 13.8 Å². The summed E-state index contributed by atoms with van der Waals surface area (Å²) in [6.07, 6.45) is -0.148. The van der Waals surface area contributed by atoms with Crippen LogP contribution in [-0.4, -0.2) is 35.4 Å². The molecule has 5 rings (SSSR count). The van der Waals surface area contributed by atoms with Gasteiger partial charge in [-0.3, -0.25) is 9.59 Å². The summed E-state index contributed by atoms with van der Waals surface area (Å²) in [4.78, 5) is 33.0. The highest BCUT2D eigenvalue weighted by atomic mass is 32.1. The van der Waals surface area contributed by atoms with Crippen molar-refractivity contribution in [1.82, 2.24) is 0 Å². The molecular weight excluding hydrogens is 593 g/mol. The molecule has 0 bridgehead atoms. The fraction of sp³-hybridized carbons (Fsp3) is 0.214. The Hall–Kier alpha value is -2.96. The van der Waals surface area contributed by atoms with E-state index in [4.69, 9.17) is 19.7 Å². The molecule has 2 N–H and O–H groups in total. The Morgan fingerprint density at radius 1 is 0.590 bits per heavy atom. The molecule has 0 saturated heterocycles. The normalized spacial score (nSPS) is 11.1. The molecule has 5 aromatic rings. The van der Waals surface area contributed by atoms with E-state index in [9.17, 15) is 9.59 Å². The summed E-state index contributed by atoms with van der Waals surface area (Å²) in [5.74, 6) is -0.447. The van der Waals surface area contributed by atoms with Gasteiger partial charge in [-0.2, -0.15) is 0 Å². The molecular formula is C28H24O6S5. The highest BCUT2D eigenvalue weighted by Gasteiger charge is 2.21. The highest BCUT2D eigenvalue weighted by molar-refractivity contribution is 7.30. The number of ether oxygens (including phenoxy) is 2. The van der Waals surface area contributed by atoms with Crippen LogP contribution < -0.4 is 9.47 Å².